The SMILES string of the molecule is C=Cc1cc(C(C)C)c2c(c1O)C(=O)C1C(=O)[C@@]3(O)C(=O)C(C(C)=O)C(=O)C(C(C)C)[C@@]3(C)C[C@@]1(C)C2. The Kier molecular flexibility index (Phi) is 6.07. The first-order valence-electron chi connectivity index (χ1n) is 12.9. The summed E-state index contributed by atoms with van der Waals surface area (Å²) in [4.78, 5) is 68.0. The lowest BCUT2D eigenvalue weighted by atomic mass is 9.39. The summed E-state index contributed by atoms with van der Waals surface area (Å²) in [5.74, 6) is -8.83. The van der Waals surface area contributed by atoms with Gasteiger partial charge < -0.3 is 10.2 Å². The lowest BCUT2D eigenvalue weighted by Gasteiger charge is -2.62. The van der Waals surface area contributed by atoms with Crippen molar-refractivity contribution >= 4 is 35.0 Å². The highest BCUT2D eigenvalue weighted by Crippen LogP contribution is 2.64. The van der Waals surface area contributed by atoms with E-state index < -0.39 is 63.1 Å². The molecule has 2 fully saturated rings. The average molecular weight is 509 g/mol. The Labute approximate surface area is 217 Å². The van der Waals surface area contributed by atoms with E-state index in [-0.39, 0.29) is 36.0 Å². The molecule has 0 aromatic heterocycles. The molecule has 37 heavy (non-hydrogen) atoms. The number of Topliss-reactive ketones (excluding diaryl/α,β-unsaturated/α-hetero) is 5. The van der Waals surface area contributed by atoms with Crippen LogP contribution in [0.4, 0.5) is 0 Å². The van der Waals surface area contributed by atoms with Crippen LogP contribution in [0.5, 0.6) is 5.75 Å². The first kappa shape index (κ1) is 27.1. The predicted molar refractivity (Wildman–Crippen MR) is 137 cm³/mol. The summed E-state index contributed by atoms with van der Waals surface area (Å²) in [5.41, 5.74) is -3.35. The van der Waals surface area contributed by atoms with Crippen molar-refractivity contribution in [2.24, 2.45) is 34.5 Å². The summed E-state index contributed by atoms with van der Waals surface area (Å²) < 4.78 is 0. The molecule has 0 bridgehead atoms. The van der Waals surface area contributed by atoms with E-state index in [2.05, 4.69) is 6.58 Å². The minimum atomic E-state index is -2.68. The number of carbonyl (C=O) groups is 5. The molecule has 0 radical (unpaired) electrons. The van der Waals surface area contributed by atoms with Crippen molar-refractivity contribution in [1.82, 2.24) is 0 Å². The molecular weight excluding hydrogens is 472 g/mol. The third-order valence-electron chi connectivity index (χ3n) is 9.29. The normalized spacial score (nSPS) is 35.4. The van der Waals surface area contributed by atoms with Crippen molar-refractivity contribution < 1.29 is 34.2 Å². The molecule has 7 heteroatoms. The molecule has 0 saturated heterocycles. The number of fused-ring (bicyclic) bond motifs is 3. The van der Waals surface area contributed by atoms with Gasteiger partial charge in [-0.3, -0.25) is 24.0 Å². The molecule has 0 amide bonds. The fraction of sp³-hybridized carbons (Fsp3) is 0.567. The molecule has 1 aromatic rings. The largest absolute Gasteiger partial charge is 0.507 e. The minimum absolute atomic E-state index is 0.00499. The number of ketones is 5. The first-order valence-corrected chi connectivity index (χ1v) is 12.9. The molecule has 0 heterocycles. The van der Waals surface area contributed by atoms with Crippen molar-refractivity contribution in [3.05, 3.63) is 34.9 Å². The molecule has 2 N–H and O–H groups in total. The third-order valence-corrected chi connectivity index (χ3v) is 9.29. The van der Waals surface area contributed by atoms with Crippen molar-refractivity contribution in [1.29, 1.82) is 0 Å². The van der Waals surface area contributed by atoms with E-state index in [0.29, 0.717) is 11.1 Å². The number of carbonyl (C=O) groups excluding carboxylic acids is 5. The van der Waals surface area contributed by atoms with Gasteiger partial charge in [0, 0.05) is 16.9 Å². The fourth-order valence-electron chi connectivity index (χ4n) is 7.92. The quantitative estimate of drug-likeness (QED) is 0.592. The lowest BCUT2D eigenvalue weighted by Crippen LogP contribution is -2.76. The van der Waals surface area contributed by atoms with Crippen LogP contribution < -0.4 is 0 Å². The molecule has 7 nitrogen and oxygen atoms in total. The Morgan fingerprint density at radius 2 is 1.70 bits per heavy atom. The first-order chi connectivity index (χ1) is 17.0. The molecule has 4 rings (SSSR count). The van der Waals surface area contributed by atoms with Gasteiger partial charge in [-0.2, -0.15) is 0 Å². The summed E-state index contributed by atoms with van der Waals surface area (Å²) in [6.45, 7) is 15.7. The van der Waals surface area contributed by atoms with Crippen molar-refractivity contribution in [2.75, 3.05) is 0 Å². The van der Waals surface area contributed by atoms with E-state index in [1.807, 2.05) is 13.8 Å². The van der Waals surface area contributed by atoms with Crippen molar-refractivity contribution in [3.63, 3.8) is 0 Å². The van der Waals surface area contributed by atoms with Crippen LogP contribution in [0, 0.1) is 34.5 Å². The minimum Gasteiger partial charge on any atom is -0.507 e. The molecule has 198 valence electrons. The molecule has 2 saturated carbocycles. The molecule has 3 aliphatic rings. The number of hydrogen-bond acceptors (Lipinski definition) is 7. The summed E-state index contributed by atoms with van der Waals surface area (Å²) in [6, 6.07) is 1.80. The summed E-state index contributed by atoms with van der Waals surface area (Å²) in [6.07, 6.45) is 1.74. The second-order valence-corrected chi connectivity index (χ2v) is 12.4. The zero-order chi connectivity index (χ0) is 28.0. The lowest BCUT2D eigenvalue weighted by molar-refractivity contribution is -0.205. The van der Waals surface area contributed by atoms with Crippen LogP contribution in [0.2, 0.25) is 0 Å². The van der Waals surface area contributed by atoms with Gasteiger partial charge in [0.2, 0.25) is 0 Å². The highest BCUT2D eigenvalue weighted by molar-refractivity contribution is 6.32. The van der Waals surface area contributed by atoms with Crippen LogP contribution in [0.15, 0.2) is 12.6 Å². The van der Waals surface area contributed by atoms with Crippen LogP contribution in [-0.2, 0) is 25.6 Å². The number of aliphatic hydroxyl groups is 1. The monoisotopic (exact) mass is 508 g/mol. The number of phenolic OH excluding ortho intramolecular Hbond substituents is 1. The second kappa shape index (κ2) is 8.29. The highest BCUT2D eigenvalue weighted by Gasteiger charge is 2.76. The molecule has 1 aromatic carbocycles. The van der Waals surface area contributed by atoms with E-state index in [9.17, 15) is 34.2 Å². The maximum Gasteiger partial charge on any atom is 0.190 e. The van der Waals surface area contributed by atoms with Gasteiger partial charge in [0.25, 0.3) is 0 Å². The number of phenols is 1. The van der Waals surface area contributed by atoms with E-state index >= 15 is 0 Å². The van der Waals surface area contributed by atoms with Crippen molar-refractivity contribution in [3.8, 4) is 5.75 Å². The van der Waals surface area contributed by atoms with E-state index in [4.69, 9.17) is 0 Å². The topological polar surface area (TPSA) is 126 Å². The fourth-order valence-corrected chi connectivity index (χ4v) is 7.92. The van der Waals surface area contributed by atoms with Crippen LogP contribution in [0.25, 0.3) is 6.08 Å². The maximum absolute atomic E-state index is 14.3. The predicted octanol–water partition coefficient (Wildman–Crippen LogP) is 3.86. The standard InChI is InChI=1S/C30H36O7/c1-9-16-10-17(13(2)3)18-11-28(7)12-29(8)21(14(4)5)24(33)19(15(6)31)26(35)30(29,37)27(36)22(28)25(34)20(18)23(16)32/h9-10,13-14,19,21-22,32,37H,1,11-12H2,2-8H3/t19?,21?,22?,28-,29-,30+/m1/s1. The Morgan fingerprint density at radius 3 is 2.19 bits per heavy atom. The van der Waals surface area contributed by atoms with Gasteiger partial charge in [0.1, 0.15) is 17.5 Å². The van der Waals surface area contributed by atoms with Crippen LogP contribution in [-0.4, -0.2) is 44.7 Å². The molecule has 3 unspecified atom stereocenters. The average Bonchev–Trinajstić information content (AvgIpc) is 2.75. The Hall–Kier alpha value is -2.93. The number of rotatable bonds is 4. The van der Waals surface area contributed by atoms with Gasteiger partial charge in [-0.1, -0.05) is 54.2 Å². The van der Waals surface area contributed by atoms with Gasteiger partial charge in [-0.15, -0.1) is 0 Å². The Balaban J connectivity index is 2.02. The van der Waals surface area contributed by atoms with Gasteiger partial charge in [-0.25, -0.2) is 0 Å². The smallest absolute Gasteiger partial charge is 0.190 e. The number of hydrogen-bond donors (Lipinski definition) is 2. The molecule has 0 aliphatic heterocycles. The van der Waals surface area contributed by atoms with Gasteiger partial charge in [-0.05, 0) is 54.2 Å². The molecular formula is C30H36O7. The maximum atomic E-state index is 14.3. The summed E-state index contributed by atoms with van der Waals surface area (Å²) in [7, 11) is 0. The van der Waals surface area contributed by atoms with E-state index in [1.54, 1.807) is 33.8 Å². The zero-order valence-corrected chi connectivity index (χ0v) is 22.6. The summed E-state index contributed by atoms with van der Waals surface area (Å²) >= 11 is 0. The number of aromatic hydroxyl groups is 1. The van der Waals surface area contributed by atoms with Gasteiger partial charge >= 0.3 is 0 Å². The second-order valence-electron chi connectivity index (χ2n) is 12.4. The zero-order valence-electron chi connectivity index (χ0n) is 22.6. The summed E-state index contributed by atoms with van der Waals surface area (Å²) in [5, 5.41) is 23.1. The van der Waals surface area contributed by atoms with Crippen molar-refractivity contribution in [2.45, 2.75) is 72.8 Å². The molecule has 6 atom stereocenters. The molecule has 3 aliphatic carbocycles. The highest BCUT2D eigenvalue weighted by atomic mass is 16.3. The third kappa shape index (κ3) is 3.25. The van der Waals surface area contributed by atoms with Gasteiger partial charge in [0.15, 0.2) is 28.7 Å². The molecule has 0 spiro atoms. The van der Waals surface area contributed by atoms with Crippen LogP contribution in [0.1, 0.15) is 87.9 Å². The number of benzene rings is 1. The Bertz CT molecular complexity index is 1290. The van der Waals surface area contributed by atoms with E-state index in [0.717, 1.165) is 12.5 Å². The Morgan fingerprint density at radius 1 is 1.11 bits per heavy atom. The van der Waals surface area contributed by atoms with Crippen LogP contribution >= 0.6 is 0 Å². The van der Waals surface area contributed by atoms with Crippen LogP contribution in [0.3, 0.4) is 0 Å². The van der Waals surface area contributed by atoms with Gasteiger partial charge in [0.05, 0.1) is 11.5 Å². The van der Waals surface area contributed by atoms with E-state index in [1.165, 1.54) is 6.08 Å².